The molecule has 0 unspecified atom stereocenters. The molecule has 0 bridgehead atoms. The SMILES string of the molecule is CCCC=CCCCCC/C=C/OC(C)=O. The van der Waals surface area contributed by atoms with Crippen molar-refractivity contribution in [3.05, 3.63) is 24.5 Å². The lowest BCUT2D eigenvalue weighted by molar-refractivity contribution is -0.135. The molecule has 0 spiro atoms. The first kappa shape index (κ1) is 14.9. The number of esters is 1. The standard InChI is InChI=1S/C14H24O2/c1-3-4-5-6-7-8-9-10-11-12-13-16-14(2)15/h5-6,12-13H,3-4,7-11H2,1-2H3/b6-5?,13-12+. The molecule has 0 aromatic heterocycles. The molecule has 0 fully saturated rings. The molecule has 0 radical (unpaired) electrons. The average molecular weight is 224 g/mol. The van der Waals surface area contributed by atoms with Crippen molar-refractivity contribution in [3.63, 3.8) is 0 Å². The van der Waals surface area contributed by atoms with E-state index in [1.165, 1.54) is 51.7 Å². The van der Waals surface area contributed by atoms with E-state index in [1.54, 1.807) is 0 Å². The van der Waals surface area contributed by atoms with Crippen molar-refractivity contribution in [2.75, 3.05) is 0 Å². The number of hydrogen-bond donors (Lipinski definition) is 0. The molecule has 0 saturated carbocycles. The maximum atomic E-state index is 10.4. The summed E-state index contributed by atoms with van der Waals surface area (Å²) in [4.78, 5) is 10.4. The third-order valence-electron chi connectivity index (χ3n) is 2.19. The van der Waals surface area contributed by atoms with E-state index < -0.39 is 0 Å². The van der Waals surface area contributed by atoms with Crippen LogP contribution in [0.15, 0.2) is 24.5 Å². The topological polar surface area (TPSA) is 26.3 Å². The van der Waals surface area contributed by atoms with Crippen LogP contribution < -0.4 is 0 Å². The molecule has 0 atom stereocenters. The largest absolute Gasteiger partial charge is 0.435 e. The lowest BCUT2D eigenvalue weighted by atomic mass is 10.1. The highest BCUT2D eigenvalue weighted by molar-refractivity contribution is 5.66. The van der Waals surface area contributed by atoms with Crippen molar-refractivity contribution >= 4 is 5.97 Å². The van der Waals surface area contributed by atoms with E-state index in [0.29, 0.717) is 0 Å². The molecule has 0 amide bonds. The molecular weight excluding hydrogens is 200 g/mol. The first-order chi connectivity index (χ1) is 7.77. The molecule has 0 saturated heterocycles. The van der Waals surface area contributed by atoms with E-state index in [1.807, 2.05) is 6.08 Å². The van der Waals surface area contributed by atoms with Crippen molar-refractivity contribution in [1.29, 1.82) is 0 Å². The number of rotatable bonds is 9. The van der Waals surface area contributed by atoms with Crippen molar-refractivity contribution in [2.45, 2.75) is 58.8 Å². The van der Waals surface area contributed by atoms with Gasteiger partial charge in [-0.25, -0.2) is 0 Å². The third kappa shape index (κ3) is 12.9. The average Bonchev–Trinajstić information content (AvgIpc) is 2.25. The Balaban J connectivity index is 3.15. The zero-order valence-electron chi connectivity index (χ0n) is 10.6. The number of carbonyl (C=O) groups excluding carboxylic acids is 1. The van der Waals surface area contributed by atoms with E-state index in [9.17, 15) is 4.79 Å². The van der Waals surface area contributed by atoms with Gasteiger partial charge in [-0.1, -0.05) is 31.9 Å². The molecule has 0 aliphatic heterocycles. The van der Waals surface area contributed by atoms with Gasteiger partial charge in [0.05, 0.1) is 6.26 Å². The molecule has 0 N–H and O–H groups in total. The van der Waals surface area contributed by atoms with Gasteiger partial charge in [-0.2, -0.15) is 0 Å². The van der Waals surface area contributed by atoms with Gasteiger partial charge < -0.3 is 4.74 Å². The van der Waals surface area contributed by atoms with Gasteiger partial charge in [0.2, 0.25) is 0 Å². The van der Waals surface area contributed by atoms with E-state index in [4.69, 9.17) is 0 Å². The molecular formula is C14H24O2. The Hall–Kier alpha value is -1.05. The van der Waals surface area contributed by atoms with Crippen molar-refractivity contribution in [3.8, 4) is 0 Å². The van der Waals surface area contributed by atoms with E-state index >= 15 is 0 Å². The Morgan fingerprint density at radius 2 is 1.62 bits per heavy atom. The molecule has 0 aliphatic rings. The fraction of sp³-hybridized carbons (Fsp3) is 0.643. The normalized spacial score (nSPS) is 11.4. The maximum absolute atomic E-state index is 10.4. The second kappa shape index (κ2) is 12.0. The molecule has 0 heterocycles. The Bertz CT molecular complexity index is 217. The van der Waals surface area contributed by atoms with E-state index in [2.05, 4.69) is 23.8 Å². The van der Waals surface area contributed by atoms with E-state index in [-0.39, 0.29) is 5.97 Å². The highest BCUT2D eigenvalue weighted by atomic mass is 16.5. The number of allylic oxidation sites excluding steroid dienone is 3. The molecule has 16 heavy (non-hydrogen) atoms. The predicted octanol–water partition coefficient (Wildman–Crippen LogP) is 4.37. The summed E-state index contributed by atoms with van der Waals surface area (Å²) in [5.74, 6) is -0.252. The lowest BCUT2D eigenvalue weighted by Gasteiger charge is -1.95. The van der Waals surface area contributed by atoms with Crippen LogP contribution in [0.1, 0.15) is 58.8 Å². The molecule has 92 valence electrons. The minimum absolute atomic E-state index is 0.252. The minimum Gasteiger partial charge on any atom is -0.435 e. The predicted molar refractivity (Wildman–Crippen MR) is 68.0 cm³/mol. The Morgan fingerprint density at radius 1 is 1.00 bits per heavy atom. The quantitative estimate of drug-likeness (QED) is 0.251. The zero-order chi connectivity index (χ0) is 12.1. The Kier molecular flexibility index (Phi) is 11.2. The summed E-state index contributed by atoms with van der Waals surface area (Å²) in [5.41, 5.74) is 0. The molecule has 0 aliphatic carbocycles. The van der Waals surface area contributed by atoms with Gasteiger partial charge in [0, 0.05) is 6.92 Å². The van der Waals surface area contributed by atoms with Gasteiger partial charge in [-0.15, -0.1) is 0 Å². The van der Waals surface area contributed by atoms with Crippen molar-refractivity contribution < 1.29 is 9.53 Å². The zero-order valence-corrected chi connectivity index (χ0v) is 10.6. The molecule has 0 aromatic rings. The Morgan fingerprint density at radius 3 is 2.25 bits per heavy atom. The van der Waals surface area contributed by atoms with Gasteiger partial charge in [0.15, 0.2) is 0 Å². The van der Waals surface area contributed by atoms with Crippen LogP contribution in [0.3, 0.4) is 0 Å². The lowest BCUT2D eigenvalue weighted by Crippen LogP contribution is -1.89. The van der Waals surface area contributed by atoms with Crippen LogP contribution >= 0.6 is 0 Å². The highest BCUT2D eigenvalue weighted by Gasteiger charge is 1.87. The fourth-order valence-electron chi connectivity index (χ4n) is 1.32. The molecule has 0 rings (SSSR count). The first-order valence-electron chi connectivity index (χ1n) is 6.24. The second-order valence-corrected chi connectivity index (χ2v) is 3.88. The van der Waals surface area contributed by atoms with Crippen molar-refractivity contribution in [2.24, 2.45) is 0 Å². The monoisotopic (exact) mass is 224 g/mol. The number of unbranched alkanes of at least 4 members (excludes halogenated alkanes) is 5. The third-order valence-corrected chi connectivity index (χ3v) is 2.19. The van der Waals surface area contributed by atoms with Crippen LogP contribution in [0.2, 0.25) is 0 Å². The summed E-state index contributed by atoms with van der Waals surface area (Å²) in [6.07, 6.45) is 16.2. The fourth-order valence-corrected chi connectivity index (χ4v) is 1.32. The maximum Gasteiger partial charge on any atom is 0.307 e. The van der Waals surface area contributed by atoms with Gasteiger partial charge in [0.1, 0.15) is 0 Å². The number of ether oxygens (including phenoxy) is 1. The van der Waals surface area contributed by atoms with Gasteiger partial charge in [-0.05, 0) is 38.2 Å². The minimum atomic E-state index is -0.252. The summed E-state index contributed by atoms with van der Waals surface area (Å²) in [5, 5.41) is 0. The van der Waals surface area contributed by atoms with Crippen LogP contribution in [0.4, 0.5) is 0 Å². The Labute approximate surface area is 99.4 Å². The summed E-state index contributed by atoms with van der Waals surface area (Å²) < 4.78 is 4.68. The van der Waals surface area contributed by atoms with Crippen LogP contribution in [0, 0.1) is 0 Å². The van der Waals surface area contributed by atoms with Crippen LogP contribution in [0.25, 0.3) is 0 Å². The van der Waals surface area contributed by atoms with Crippen LogP contribution in [0.5, 0.6) is 0 Å². The number of hydrogen-bond acceptors (Lipinski definition) is 2. The smallest absolute Gasteiger partial charge is 0.307 e. The molecule has 2 nitrogen and oxygen atoms in total. The molecule has 0 aromatic carbocycles. The first-order valence-corrected chi connectivity index (χ1v) is 6.24. The van der Waals surface area contributed by atoms with E-state index in [0.717, 1.165) is 6.42 Å². The van der Waals surface area contributed by atoms with Gasteiger partial charge in [0.25, 0.3) is 0 Å². The van der Waals surface area contributed by atoms with Crippen LogP contribution in [-0.4, -0.2) is 5.97 Å². The molecule has 2 heteroatoms. The highest BCUT2D eigenvalue weighted by Crippen LogP contribution is 2.05. The summed E-state index contributed by atoms with van der Waals surface area (Å²) in [7, 11) is 0. The summed E-state index contributed by atoms with van der Waals surface area (Å²) >= 11 is 0. The van der Waals surface area contributed by atoms with Gasteiger partial charge in [-0.3, -0.25) is 4.79 Å². The van der Waals surface area contributed by atoms with Crippen molar-refractivity contribution in [1.82, 2.24) is 0 Å². The summed E-state index contributed by atoms with van der Waals surface area (Å²) in [6, 6.07) is 0. The second-order valence-electron chi connectivity index (χ2n) is 3.88. The van der Waals surface area contributed by atoms with Crippen LogP contribution in [-0.2, 0) is 9.53 Å². The van der Waals surface area contributed by atoms with Gasteiger partial charge >= 0.3 is 5.97 Å². The number of carbonyl (C=O) groups is 1. The summed E-state index contributed by atoms with van der Waals surface area (Å²) in [6.45, 7) is 3.60.